The van der Waals surface area contributed by atoms with E-state index in [2.05, 4.69) is 0 Å². The van der Waals surface area contributed by atoms with Crippen LogP contribution in [0, 0.1) is 10.8 Å². The molecule has 0 aliphatic heterocycles. The molecule has 0 spiro atoms. The second-order valence-corrected chi connectivity index (χ2v) is 0.333. The molecule has 0 fully saturated rings. The summed E-state index contributed by atoms with van der Waals surface area (Å²) in [5.74, 6) is 0. The minimum atomic E-state index is 0. The van der Waals surface area contributed by atoms with E-state index in [1.165, 1.54) is 0 Å². The van der Waals surface area contributed by atoms with Crippen LogP contribution in [-0.4, -0.2) is 12.4 Å². The Balaban J connectivity index is -0.0000000150. The van der Waals surface area contributed by atoms with Gasteiger partial charge < -0.3 is 44.8 Å². The van der Waals surface area contributed by atoms with Gasteiger partial charge in [-0.1, -0.05) is 0 Å². The molecule has 0 bridgehead atoms. The average molecular weight is 275 g/mol. The molecular formula is C2H4Br2N2Ni. The van der Waals surface area contributed by atoms with Crippen LogP contribution in [-0.2, 0) is 16.5 Å². The van der Waals surface area contributed by atoms with Crippen LogP contribution in [0.1, 0.15) is 0 Å². The van der Waals surface area contributed by atoms with E-state index < -0.39 is 0 Å². The van der Waals surface area contributed by atoms with Crippen molar-refractivity contribution in [3.8, 4) is 0 Å². The normalized spacial score (nSPS) is 2.86. The maximum atomic E-state index is 6.08. The average Bonchev–Trinajstić information content (AvgIpc) is 1.37. The summed E-state index contributed by atoms with van der Waals surface area (Å²) in [4.78, 5) is 0. The molecule has 0 rings (SSSR count). The Kier molecular flexibility index (Phi) is 104. The minimum absolute atomic E-state index is 0. The molecule has 0 aromatic carbocycles. The number of halogens is 2. The first-order chi connectivity index (χ1) is 1.91. The topological polar surface area (TPSA) is 47.7 Å². The number of hydrogen-bond acceptors (Lipinski definition) is 2. The smallest absolute Gasteiger partial charge is 1.00 e. The van der Waals surface area contributed by atoms with Gasteiger partial charge in [-0.3, -0.25) is 0 Å². The Bertz CT molecular complexity index is 34.7. The molecule has 0 aromatic heterocycles. The van der Waals surface area contributed by atoms with E-state index in [1.54, 1.807) is 0 Å². The SMILES string of the molecule is N=CC=N.[Br-].[Br-].[Ni+2]. The van der Waals surface area contributed by atoms with Crippen LogP contribution in [0.5, 0.6) is 0 Å². The molecule has 0 aromatic rings. The molecule has 2 nitrogen and oxygen atoms in total. The minimum Gasteiger partial charge on any atom is -1.00 e. The molecule has 46 valence electrons. The van der Waals surface area contributed by atoms with Crippen molar-refractivity contribution < 1.29 is 50.5 Å². The van der Waals surface area contributed by atoms with Crippen molar-refractivity contribution >= 4 is 12.4 Å². The summed E-state index contributed by atoms with van der Waals surface area (Å²) in [7, 11) is 0. The summed E-state index contributed by atoms with van der Waals surface area (Å²) in [5.41, 5.74) is 0. The Morgan fingerprint density at radius 2 is 1.00 bits per heavy atom. The van der Waals surface area contributed by atoms with Crippen molar-refractivity contribution in [2.75, 3.05) is 0 Å². The summed E-state index contributed by atoms with van der Waals surface area (Å²) >= 11 is 0. The molecule has 0 unspecified atom stereocenters. The Morgan fingerprint density at radius 3 is 1.00 bits per heavy atom. The van der Waals surface area contributed by atoms with E-state index in [1.807, 2.05) is 0 Å². The molecule has 5 heteroatoms. The first kappa shape index (κ1) is 25.0. The largest absolute Gasteiger partial charge is 2.00 e. The number of hydrogen-bond donors (Lipinski definition) is 2. The maximum Gasteiger partial charge on any atom is 2.00 e. The van der Waals surface area contributed by atoms with Gasteiger partial charge in [0.15, 0.2) is 0 Å². The summed E-state index contributed by atoms with van der Waals surface area (Å²) < 4.78 is 0. The Hall–Kier alpha value is 0.794. The molecule has 0 amide bonds. The van der Waals surface area contributed by atoms with E-state index in [4.69, 9.17) is 10.8 Å². The molecular weight excluding hydrogens is 271 g/mol. The second kappa shape index (κ2) is 29.2. The van der Waals surface area contributed by atoms with Gasteiger partial charge in [0.25, 0.3) is 0 Å². The fourth-order valence-corrected chi connectivity index (χ4v) is 0. The summed E-state index contributed by atoms with van der Waals surface area (Å²) in [5, 5.41) is 12.2. The van der Waals surface area contributed by atoms with Crippen LogP contribution in [0.2, 0.25) is 0 Å². The summed E-state index contributed by atoms with van der Waals surface area (Å²) in [6, 6.07) is 0. The van der Waals surface area contributed by atoms with Gasteiger partial charge in [-0.15, -0.1) is 0 Å². The van der Waals surface area contributed by atoms with Gasteiger partial charge in [0.2, 0.25) is 0 Å². The van der Waals surface area contributed by atoms with E-state index in [0.29, 0.717) is 0 Å². The molecule has 2 N–H and O–H groups in total. The van der Waals surface area contributed by atoms with Crippen molar-refractivity contribution in [1.82, 2.24) is 0 Å². The van der Waals surface area contributed by atoms with Crippen molar-refractivity contribution in [2.24, 2.45) is 0 Å². The fourth-order valence-electron chi connectivity index (χ4n) is 0. The zero-order valence-corrected chi connectivity index (χ0v) is 7.39. The van der Waals surface area contributed by atoms with Crippen LogP contribution in [0.4, 0.5) is 0 Å². The fraction of sp³-hybridized carbons (Fsp3) is 0. The second-order valence-electron chi connectivity index (χ2n) is 0.333. The summed E-state index contributed by atoms with van der Waals surface area (Å²) in [6.45, 7) is 0. The van der Waals surface area contributed by atoms with Crippen LogP contribution in [0.25, 0.3) is 0 Å². The Morgan fingerprint density at radius 1 is 0.857 bits per heavy atom. The zero-order valence-electron chi connectivity index (χ0n) is 3.23. The van der Waals surface area contributed by atoms with E-state index in [0.717, 1.165) is 12.4 Å². The maximum absolute atomic E-state index is 6.08. The van der Waals surface area contributed by atoms with Gasteiger partial charge in [0.05, 0.1) is 0 Å². The van der Waals surface area contributed by atoms with Gasteiger partial charge in [-0.05, 0) is 0 Å². The third-order valence-electron chi connectivity index (χ3n) is 0.0833. The Labute approximate surface area is 73.5 Å². The first-order valence-electron chi connectivity index (χ1n) is 0.911. The molecule has 0 saturated heterocycles. The van der Waals surface area contributed by atoms with Crippen LogP contribution in [0.3, 0.4) is 0 Å². The van der Waals surface area contributed by atoms with Crippen LogP contribution in [0.15, 0.2) is 0 Å². The van der Waals surface area contributed by atoms with Gasteiger partial charge in [0, 0.05) is 12.4 Å². The molecule has 7 heavy (non-hydrogen) atoms. The van der Waals surface area contributed by atoms with Gasteiger partial charge in [0.1, 0.15) is 0 Å². The van der Waals surface area contributed by atoms with Gasteiger partial charge >= 0.3 is 16.5 Å². The molecule has 0 saturated carbocycles. The molecule has 0 aliphatic carbocycles. The van der Waals surface area contributed by atoms with Crippen molar-refractivity contribution in [3.05, 3.63) is 0 Å². The van der Waals surface area contributed by atoms with Gasteiger partial charge in [-0.2, -0.15) is 0 Å². The quantitative estimate of drug-likeness (QED) is 0.354. The van der Waals surface area contributed by atoms with E-state index >= 15 is 0 Å². The predicted octanol–water partition coefficient (Wildman–Crippen LogP) is -5.71. The van der Waals surface area contributed by atoms with Crippen molar-refractivity contribution in [1.29, 1.82) is 10.8 Å². The molecule has 0 atom stereocenters. The zero-order chi connectivity index (χ0) is 3.41. The van der Waals surface area contributed by atoms with E-state index in [9.17, 15) is 0 Å². The van der Waals surface area contributed by atoms with E-state index in [-0.39, 0.29) is 50.5 Å². The molecule has 0 aliphatic rings. The van der Waals surface area contributed by atoms with Crippen molar-refractivity contribution in [3.63, 3.8) is 0 Å². The molecule has 0 radical (unpaired) electrons. The number of nitrogens with one attached hydrogen (secondary N) is 2. The predicted molar refractivity (Wildman–Crippen MR) is 17.6 cm³/mol. The first-order valence-corrected chi connectivity index (χ1v) is 0.911. The third kappa shape index (κ3) is 48.5. The molecule has 0 heterocycles. The number of rotatable bonds is 1. The van der Waals surface area contributed by atoms with Gasteiger partial charge in [-0.25, -0.2) is 0 Å². The summed E-state index contributed by atoms with van der Waals surface area (Å²) in [6.07, 6.45) is 1.83. The van der Waals surface area contributed by atoms with Crippen molar-refractivity contribution in [2.45, 2.75) is 0 Å². The standard InChI is InChI=1S/C2H4N2.2BrH.Ni/c3-1-2-4;;;/h1-4H;2*1H;/q;;;+2/p-2. The van der Waals surface area contributed by atoms with Crippen LogP contribution < -0.4 is 34.0 Å². The van der Waals surface area contributed by atoms with Crippen LogP contribution >= 0.6 is 0 Å². The third-order valence-corrected chi connectivity index (χ3v) is 0.0833. The monoisotopic (exact) mass is 272 g/mol.